The van der Waals surface area contributed by atoms with Gasteiger partial charge in [-0.2, -0.15) is 0 Å². The average Bonchev–Trinajstić information content (AvgIpc) is 2.73. The van der Waals surface area contributed by atoms with Crippen LogP contribution < -0.4 is 9.47 Å². The second-order valence-corrected chi connectivity index (χ2v) is 5.71. The van der Waals surface area contributed by atoms with Gasteiger partial charge in [-0.15, -0.1) is 0 Å². The fourth-order valence-electron chi connectivity index (χ4n) is 1.85. The summed E-state index contributed by atoms with van der Waals surface area (Å²) in [7, 11) is 3.18. The van der Waals surface area contributed by atoms with E-state index in [0.29, 0.717) is 27.3 Å². The third-order valence-corrected chi connectivity index (χ3v) is 4.29. The largest absolute Gasteiger partial charge is 0.497 e. The van der Waals surface area contributed by atoms with E-state index in [-0.39, 0.29) is 5.91 Å². The summed E-state index contributed by atoms with van der Waals surface area (Å²) in [5.41, 5.74) is 0.824. The molecular formula is C14H15NO3S2. The molecule has 4 nitrogen and oxygen atoms in total. The molecule has 0 saturated carbocycles. The molecule has 1 aliphatic heterocycles. The molecule has 0 N–H and O–H groups in total. The molecule has 0 radical (unpaired) electrons. The number of methoxy groups -OCH3 is 2. The Morgan fingerprint density at radius 3 is 2.65 bits per heavy atom. The van der Waals surface area contributed by atoms with E-state index in [4.69, 9.17) is 21.7 Å². The van der Waals surface area contributed by atoms with Crippen molar-refractivity contribution in [1.82, 2.24) is 4.90 Å². The number of hydrogen-bond donors (Lipinski definition) is 0. The fourth-order valence-corrected chi connectivity index (χ4v) is 3.23. The minimum absolute atomic E-state index is 0.0552. The van der Waals surface area contributed by atoms with E-state index in [1.807, 2.05) is 19.1 Å². The molecule has 1 amide bonds. The monoisotopic (exact) mass is 309 g/mol. The quantitative estimate of drug-likeness (QED) is 0.631. The molecule has 1 aliphatic rings. The zero-order valence-corrected chi connectivity index (χ0v) is 13.1. The van der Waals surface area contributed by atoms with Gasteiger partial charge in [-0.3, -0.25) is 9.69 Å². The van der Waals surface area contributed by atoms with Crippen LogP contribution in [0.3, 0.4) is 0 Å². The molecule has 0 aromatic heterocycles. The summed E-state index contributed by atoms with van der Waals surface area (Å²) in [5, 5.41) is 0. The van der Waals surface area contributed by atoms with Crippen LogP contribution in [0.5, 0.6) is 11.5 Å². The smallest absolute Gasteiger partial charge is 0.266 e. The van der Waals surface area contributed by atoms with E-state index in [0.717, 1.165) is 5.56 Å². The Bertz CT molecular complexity index is 584. The topological polar surface area (TPSA) is 38.8 Å². The van der Waals surface area contributed by atoms with Crippen LogP contribution in [0.1, 0.15) is 12.5 Å². The zero-order valence-electron chi connectivity index (χ0n) is 11.5. The molecule has 1 saturated heterocycles. The van der Waals surface area contributed by atoms with E-state index >= 15 is 0 Å². The van der Waals surface area contributed by atoms with Gasteiger partial charge >= 0.3 is 0 Å². The molecule has 1 aromatic carbocycles. The summed E-state index contributed by atoms with van der Waals surface area (Å²) in [6, 6.07) is 5.47. The maximum absolute atomic E-state index is 12.2. The fraction of sp³-hybridized carbons (Fsp3) is 0.286. The Labute approximate surface area is 127 Å². The average molecular weight is 309 g/mol. The summed E-state index contributed by atoms with van der Waals surface area (Å²) < 4.78 is 11.1. The summed E-state index contributed by atoms with van der Waals surface area (Å²) >= 11 is 6.50. The molecule has 1 fully saturated rings. The van der Waals surface area contributed by atoms with Crippen molar-refractivity contribution in [2.45, 2.75) is 6.92 Å². The molecule has 0 unspecified atom stereocenters. The first-order valence-corrected chi connectivity index (χ1v) is 7.30. The Balaban J connectivity index is 2.36. The number of thioether (sulfide) groups is 1. The predicted octanol–water partition coefficient (Wildman–Crippen LogP) is 2.92. The van der Waals surface area contributed by atoms with Crippen LogP contribution in [0.15, 0.2) is 23.1 Å². The summed E-state index contributed by atoms with van der Waals surface area (Å²) in [5.74, 6) is 1.31. The van der Waals surface area contributed by atoms with Crippen molar-refractivity contribution in [1.29, 1.82) is 0 Å². The number of hydrogen-bond acceptors (Lipinski definition) is 5. The molecule has 0 aliphatic carbocycles. The number of nitrogens with zero attached hydrogens (tertiary/aromatic N) is 1. The highest BCUT2D eigenvalue weighted by Crippen LogP contribution is 2.34. The number of benzene rings is 1. The second kappa shape index (κ2) is 6.28. The molecule has 0 bridgehead atoms. The van der Waals surface area contributed by atoms with Crippen LogP contribution in [0.25, 0.3) is 6.08 Å². The zero-order chi connectivity index (χ0) is 14.7. The molecule has 1 aromatic rings. The van der Waals surface area contributed by atoms with E-state index in [1.165, 1.54) is 11.8 Å². The Hall–Kier alpha value is -1.53. The van der Waals surface area contributed by atoms with Gasteiger partial charge < -0.3 is 9.47 Å². The SMILES string of the molecule is CCN1C(=O)C(=Cc2ccc(OC)cc2OC)SC1=S. The minimum Gasteiger partial charge on any atom is -0.497 e. The number of carbonyl (C=O) groups excluding carboxylic acids is 1. The lowest BCUT2D eigenvalue weighted by Crippen LogP contribution is -2.27. The van der Waals surface area contributed by atoms with E-state index in [2.05, 4.69) is 0 Å². The third-order valence-electron chi connectivity index (χ3n) is 2.92. The summed E-state index contributed by atoms with van der Waals surface area (Å²) in [6.45, 7) is 2.49. The van der Waals surface area contributed by atoms with E-state index in [1.54, 1.807) is 31.3 Å². The Kier molecular flexibility index (Phi) is 4.67. The highest BCUT2D eigenvalue weighted by molar-refractivity contribution is 8.26. The number of amides is 1. The van der Waals surface area contributed by atoms with E-state index in [9.17, 15) is 4.79 Å². The normalized spacial score (nSPS) is 16.9. The highest BCUT2D eigenvalue weighted by Gasteiger charge is 2.30. The maximum atomic E-state index is 12.2. The minimum atomic E-state index is -0.0552. The van der Waals surface area contributed by atoms with Gasteiger partial charge in [0.25, 0.3) is 5.91 Å². The molecule has 20 heavy (non-hydrogen) atoms. The molecule has 1 heterocycles. The predicted molar refractivity (Wildman–Crippen MR) is 85.1 cm³/mol. The lowest BCUT2D eigenvalue weighted by molar-refractivity contribution is -0.121. The molecule has 106 valence electrons. The lowest BCUT2D eigenvalue weighted by Gasteiger charge is -2.10. The number of rotatable bonds is 4. The van der Waals surface area contributed by atoms with Crippen LogP contribution in [-0.2, 0) is 4.79 Å². The molecular weight excluding hydrogens is 294 g/mol. The molecule has 0 atom stereocenters. The lowest BCUT2D eigenvalue weighted by atomic mass is 10.1. The van der Waals surface area contributed by atoms with Crippen molar-refractivity contribution in [3.63, 3.8) is 0 Å². The van der Waals surface area contributed by atoms with Crippen molar-refractivity contribution in [3.8, 4) is 11.5 Å². The van der Waals surface area contributed by atoms with Crippen molar-refractivity contribution in [2.24, 2.45) is 0 Å². The first-order chi connectivity index (χ1) is 9.60. The van der Waals surface area contributed by atoms with E-state index < -0.39 is 0 Å². The molecule has 6 heteroatoms. The van der Waals surface area contributed by atoms with Gasteiger partial charge in [0, 0.05) is 18.2 Å². The maximum Gasteiger partial charge on any atom is 0.266 e. The van der Waals surface area contributed by atoms with Gasteiger partial charge in [-0.1, -0.05) is 24.0 Å². The second-order valence-electron chi connectivity index (χ2n) is 4.03. The van der Waals surface area contributed by atoms with Gasteiger partial charge in [-0.25, -0.2) is 0 Å². The highest BCUT2D eigenvalue weighted by atomic mass is 32.2. The van der Waals surface area contributed by atoms with Crippen molar-refractivity contribution >= 4 is 40.3 Å². The summed E-state index contributed by atoms with van der Waals surface area (Å²) in [6.07, 6.45) is 1.80. The molecule has 2 rings (SSSR count). The Morgan fingerprint density at radius 1 is 1.35 bits per heavy atom. The van der Waals surface area contributed by atoms with Crippen LogP contribution in [0.4, 0.5) is 0 Å². The van der Waals surface area contributed by atoms with Gasteiger partial charge in [0.05, 0.1) is 19.1 Å². The molecule has 0 spiro atoms. The van der Waals surface area contributed by atoms with Crippen molar-refractivity contribution < 1.29 is 14.3 Å². The van der Waals surface area contributed by atoms with Crippen molar-refractivity contribution in [3.05, 3.63) is 28.7 Å². The number of likely N-dealkylation sites (N-methyl/N-ethyl adjacent to an activating group) is 1. The summed E-state index contributed by atoms with van der Waals surface area (Å²) in [4.78, 5) is 14.4. The van der Waals surface area contributed by atoms with Crippen LogP contribution in [-0.4, -0.2) is 35.9 Å². The van der Waals surface area contributed by atoms with Crippen LogP contribution >= 0.6 is 24.0 Å². The van der Waals surface area contributed by atoms with Gasteiger partial charge in [-0.05, 0) is 25.1 Å². The van der Waals surface area contributed by atoms with Gasteiger partial charge in [0.2, 0.25) is 0 Å². The third kappa shape index (κ3) is 2.81. The van der Waals surface area contributed by atoms with Gasteiger partial charge in [0.1, 0.15) is 15.8 Å². The number of ether oxygens (including phenoxy) is 2. The Morgan fingerprint density at radius 2 is 2.10 bits per heavy atom. The van der Waals surface area contributed by atoms with Crippen molar-refractivity contribution in [2.75, 3.05) is 20.8 Å². The number of thiocarbonyl (C=S) groups is 1. The van der Waals surface area contributed by atoms with Crippen LogP contribution in [0, 0.1) is 0 Å². The first kappa shape index (κ1) is 14.9. The van der Waals surface area contributed by atoms with Crippen LogP contribution in [0.2, 0.25) is 0 Å². The number of carbonyl (C=O) groups is 1. The first-order valence-electron chi connectivity index (χ1n) is 6.08. The van der Waals surface area contributed by atoms with Gasteiger partial charge in [0.15, 0.2) is 0 Å². The standard InChI is InChI=1S/C14H15NO3S2/c1-4-15-13(16)12(20-14(15)19)7-9-5-6-10(17-2)8-11(9)18-3/h5-8H,4H2,1-3H3.